The topological polar surface area (TPSA) is 26.0 Å². The first-order chi connectivity index (χ1) is 4.27. The van der Waals surface area contributed by atoms with Gasteiger partial charge in [-0.25, -0.2) is 0 Å². The minimum Gasteiger partial charge on any atom is -0.330 e. The summed E-state index contributed by atoms with van der Waals surface area (Å²) in [6.07, 6.45) is 5.55. The summed E-state index contributed by atoms with van der Waals surface area (Å²) in [6, 6.07) is 0. The van der Waals surface area contributed by atoms with E-state index in [1.54, 1.807) is 0 Å². The van der Waals surface area contributed by atoms with Gasteiger partial charge in [0, 0.05) is 0 Å². The molecule has 0 atom stereocenters. The standard InChI is InChI=1S/C7H15NS/c1-7(9)5-3-2-4-6-8/h5,9H,2-4,6,8H2,1H3/b7-5-. The van der Waals surface area contributed by atoms with E-state index in [1.807, 2.05) is 6.92 Å². The molecule has 0 spiro atoms. The molecule has 0 aromatic carbocycles. The first-order valence-corrected chi connectivity index (χ1v) is 3.78. The van der Waals surface area contributed by atoms with Crippen LogP contribution in [-0.2, 0) is 0 Å². The Kier molecular flexibility index (Phi) is 6.21. The first kappa shape index (κ1) is 9.05. The van der Waals surface area contributed by atoms with Crippen molar-refractivity contribution in [2.75, 3.05) is 6.54 Å². The van der Waals surface area contributed by atoms with Gasteiger partial charge in [0.2, 0.25) is 0 Å². The third kappa shape index (κ3) is 8.05. The van der Waals surface area contributed by atoms with E-state index < -0.39 is 0 Å². The second-order valence-electron chi connectivity index (χ2n) is 2.13. The van der Waals surface area contributed by atoms with Crippen molar-refractivity contribution in [1.29, 1.82) is 0 Å². The zero-order chi connectivity index (χ0) is 7.11. The van der Waals surface area contributed by atoms with E-state index in [4.69, 9.17) is 5.73 Å². The van der Waals surface area contributed by atoms with Crippen molar-refractivity contribution in [3.8, 4) is 0 Å². The third-order valence-corrected chi connectivity index (χ3v) is 1.28. The summed E-state index contributed by atoms with van der Waals surface area (Å²) in [4.78, 5) is 1.10. The molecule has 0 unspecified atom stereocenters. The fourth-order valence-electron chi connectivity index (χ4n) is 0.600. The normalized spacial score (nSPS) is 12.1. The molecule has 0 saturated carbocycles. The van der Waals surface area contributed by atoms with Crippen LogP contribution < -0.4 is 5.73 Å². The molecular formula is C7H15NS. The highest BCUT2D eigenvalue weighted by Gasteiger charge is 1.82. The molecule has 0 amide bonds. The SMILES string of the molecule is C/C(S)=C/CCCCN. The van der Waals surface area contributed by atoms with Crippen molar-refractivity contribution in [2.24, 2.45) is 5.73 Å². The lowest BCUT2D eigenvalue weighted by molar-refractivity contribution is 0.758. The highest BCUT2D eigenvalue weighted by Crippen LogP contribution is 2.02. The van der Waals surface area contributed by atoms with Gasteiger partial charge in [0.15, 0.2) is 0 Å². The molecular weight excluding hydrogens is 130 g/mol. The lowest BCUT2D eigenvalue weighted by Gasteiger charge is -1.91. The van der Waals surface area contributed by atoms with Crippen LogP contribution in [0.4, 0.5) is 0 Å². The van der Waals surface area contributed by atoms with Crippen LogP contribution in [0.2, 0.25) is 0 Å². The van der Waals surface area contributed by atoms with Gasteiger partial charge in [0.25, 0.3) is 0 Å². The van der Waals surface area contributed by atoms with Gasteiger partial charge in [0.1, 0.15) is 0 Å². The van der Waals surface area contributed by atoms with Crippen molar-refractivity contribution in [2.45, 2.75) is 26.2 Å². The fourth-order valence-corrected chi connectivity index (χ4v) is 0.729. The molecule has 0 rings (SSSR count). The molecule has 0 fully saturated rings. The lowest BCUT2D eigenvalue weighted by atomic mass is 10.2. The average Bonchev–Trinajstić information content (AvgIpc) is 1.80. The van der Waals surface area contributed by atoms with Crippen LogP contribution in [0.1, 0.15) is 26.2 Å². The summed E-state index contributed by atoms with van der Waals surface area (Å²) >= 11 is 4.13. The molecule has 0 heterocycles. The monoisotopic (exact) mass is 145 g/mol. The minimum absolute atomic E-state index is 0.805. The second kappa shape index (κ2) is 6.17. The molecule has 0 saturated heterocycles. The molecule has 2 heteroatoms. The Labute approximate surface area is 62.7 Å². The summed E-state index contributed by atoms with van der Waals surface area (Å²) < 4.78 is 0. The van der Waals surface area contributed by atoms with E-state index in [0.29, 0.717) is 0 Å². The Morgan fingerprint density at radius 2 is 2.22 bits per heavy atom. The fraction of sp³-hybridized carbons (Fsp3) is 0.714. The van der Waals surface area contributed by atoms with E-state index >= 15 is 0 Å². The largest absolute Gasteiger partial charge is 0.330 e. The second-order valence-corrected chi connectivity index (χ2v) is 2.84. The van der Waals surface area contributed by atoms with Crippen molar-refractivity contribution < 1.29 is 0 Å². The molecule has 1 nitrogen and oxygen atoms in total. The van der Waals surface area contributed by atoms with Crippen molar-refractivity contribution in [1.82, 2.24) is 0 Å². The van der Waals surface area contributed by atoms with Crippen molar-refractivity contribution >= 4 is 12.6 Å². The van der Waals surface area contributed by atoms with Gasteiger partial charge < -0.3 is 5.73 Å². The van der Waals surface area contributed by atoms with Crippen LogP contribution >= 0.6 is 12.6 Å². The predicted octanol–water partition coefficient (Wildman–Crippen LogP) is 1.95. The van der Waals surface area contributed by atoms with E-state index in [0.717, 1.165) is 24.3 Å². The quantitative estimate of drug-likeness (QED) is 0.459. The van der Waals surface area contributed by atoms with Gasteiger partial charge in [0.05, 0.1) is 0 Å². The number of nitrogens with two attached hydrogens (primary N) is 1. The van der Waals surface area contributed by atoms with Crippen LogP contribution in [0, 0.1) is 0 Å². The highest BCUT2D eigenvalue weighted by molar-refractivity contribution is 7.84. The Hall–Kier alpha value is 0.0500. The average molecular weight is 145 g/mol. The Morgan fingerprint density at radius 3 is 2.67 bits per heavy atom. The maximum atomic E-state index is 5.31. The van der Waals surface area contributed by atoms with Gasteiger partial charge in [-0.1, -0.05) is 6.08 Å². The molecule has 0 aromatic heterocycles. The summed E-state index contributed by atoms with van der Waals surface area (Å²) in [5.41, 5.74) is 5.31. The van der Waals surface area contributed by atoms with Crippen LogP contribution in [0.5, 0.6) is 0 Å². The molecule has 0 aliphatic carbocycles. The molecule has 0 radical (unpaired) electrons. The maximum absolute atomic E-state index is 5.31. The predicted molar refractivity (Wildman–Crippen MR) is 45.6 cm³/mol. The number of rotatable bonds is 4. The highest BCUT2D eigenvalue weighted by atomic mass is 32.1. The van der Waals surface area contributed by atoms with Crippen molar-refractivity contribution in [3.63, 3.8) is 0 Å². The van der Waals surface area contributed by atoms with Crippen LogP contribution in [0.15, 0.2) is 11.0 Å². The smallest absolute Gasteiger partial charge is 0.00772 e. The summed E-state index contributed by atoms with van der Waals surface area (Å²) in [5.74, 6) is 0. The molecule has 0 aromatic rings. The van der Waals surface area contributed by atoms with Gasteiger partial charge in [-0.2, -0.15) is 0 Å². The number of thiol groups is 1. The molecule has 0 aliphatic heterocycles. The Bertz CT molecular complexity index is 84.9. The number of hydrogen-bond donors (Lipinski definition) is 2. The Balaban J connectivity index is 3.00. The zero-order valence-corrected chi connectivity index (χ0v) is 6.82. The van der Waals surface area contributed by atoms with Gasteiger partial charge in [-0.3, -0.25) is 0 Å². The van der Waals surface area contributed by atoms with Crippen LogP contribution in [0.25, 0.3) is 0 Å². The summed E-state index contributed by atoms with van der Waals surface area (Å²) in [6.45, 7) is 2.80. The maximum Gasteiger partial charge on any atom is -0.00772 e. The summed E-state index contributed by atoms with van der Waals surface area (Å²) in [7, 11) is 0. The number of hydrogen-bond acceptors (Lipinski definition) is 2. The van der Waals surface area contributed by atoms with Crippen molar-refractivity contribution in [3.05, 3.63) is 11.0 Å². The van der Waals surface area contributed by atoms with Crippen LogP contribution in [0.3, 0.4) is 0 Å². The third-order valence-electron chi connectivity index (χ3n) is 1.10. The minimum atomic E-state index is 0.805. The lowest BCUT2D eigenvalue weighted by Crippen LogP contribution is -1.96. The molecule has 9 heavy (non-hydrogen) atoms. The van der Waals surface area contributed by atoms with E-state index in [1.165, 1.54) is 6.42 Å². The zero-order valence-electron chi connectivity index (χ0n) is 5.93. The molecule has 0 bridgehead atoms. The summed E-state index contributed by atoms with van der Waals surface area (Å²) in [5, 5.41) is 0. The number of allylic oxidation sites excluding steroid dienone is 2. The molecule has 0 aliphatic rings. The Morgan fingerprint density at radius 1 is 1.56 bits per heavy atom. The molecule has 54 valence electrons. The van der Waals surface area contributed by atoms with Gasteiger partial charge >= 0.3 is 0 Å². The van der Waals surface area contributed by atoms with E-state index in [2.05, 4.69) is 18.7 Å². The van der Waals surface area contributed by atoms with Gasteiger partial charge in [-0.15, -0.1) is 12.6 Å². The first-order valence-electron chi connectivity index (χ1n) is 3.33. The number of unbranched alkanes of at least 4 members (excludes halogenated alkanes) is 2. The van der Waals surface area contributed by atoms with Crippen LogP contribution in [-0.4, -0.2) is 6.54 Å². The van der Waals surface area contributed by atoms with E-state index in [9.17, 15) is 0 Å². The van der Waals surface area contributed by atoms with E-state index in [-0.39, 0.29) is 0 Å². The molecule has 2 N–H and O–H groups in total. The van der Waals surface area contributed by atoms with Gasteiger partial charge in [-0.05, 0) is 37.6 Å².